The molecule has 2 heterocycles. The van der Waals surface area contributed by atoms with Gasteiger partial charge in [-0.3, -0.25) is 4.79 Å². The fraction of sp³-hybridized carbons (Fsp3) is 0.0800. The van der Waals surface area contributed by atoms with E-state index in [0.29, 0.717) is 35.4 Å². The van der Waals surface area contributed by atoms with Gasteiger partial charge in [0.2, 0.25) is 5.89 Å². The van der Waals surface area contributed by atoms with Crippen LogP contribution >= 0.6 is 0 Å². The summed E-state index contributed by atoms with van der Waals surface area (Å²) in [5.41, 5.74) is 3.15. The number of H-pyrrole nitrogens is 1. The third-order valence-corrected chi connectivity index (χ3v) is 5.13. The monoisotopic (exact) mass is 426 g/mol. The van der Waals surface area contributed by atoms with Crippen LogP contribution in [0.15, 0.2) is 83.4 Å². The second-order valence-electron chi connectivity index (χ2n) is 7.26. The van der Waals surface area contributed by atoms with E-state index in [2.05, 4.69) is 20.3 Å². The van der Waals surface area contributed by atoms with E-state index in [1.165, 1.54) is 12.3 Å². The molecule has 1 amide bonds. The van der Waals surface area contributed by atoms with Crippen molar-refractivity contribution in [1.29, 1.82) is 0 Å². The Kier molecular flexibility index (Phi) is 5.21. The normalized spacial score (nSPS) is 11.0. The second-order valence-corrected chi connectivity index (χ2v) is 7.26. The number of imidazole rings is 1. The maximum Gasteiger partial charge on any atom is 0.252 e. The molecule has 0 fully saturated rings. The lowest BCUT2D eigenvalue weighted by atomic mass is 10.1. The molecule has 0 saturated carbocycles. The van der Waals surface area contributed by atoms with E-state index in [9.17, 15) is 9.18 Å². The van der Waals surface area contributed by atoms with Crippen molar-refractivity contribution in [2.24, 2.45) is 0 Å². The zero-order chi connectivity index (χ0) is 21.9. The second kappa shape index (κ2) is 8.47. The number of aromatic amines is 1. The molecule has 0 aliphatic carbocycles. The highest BCUT2D eigenvalue weighted by Crippen LogP contribution is 2.29. The number of fused-ring (bicyclic) bond motifs is 1. The molecular weight excluding hydrogens is 407 g/mol. The topological polar surface area (TPSA) is 83.8 Å². The quantitative estimate of drug-likeness (QED) is 0.400. The molecule has 2 aromatic heterocycles. The summed E-state index contributed by atoms with van der Waals surface area (Å²) in [5, 5.41) is 2.92. The molecule has 0 aliphatic heterocycles. The number of nitrogens with one attached hydrogen (secondary N) is 2. The van der Waals surface area contributed by atoms with Crippen molar-refractivity contribution in [2.45, 2.75) is 6.42 Å². The number of nitrogens with zero attached hydrogens (tertiary/aromatic N) is 2. The van der Waals surface area contributed by atoms with Crippen molar-refractivity contribution in [3.05, 3.63) is 96.2 Å². The molecule has 0 radical (unpaired) electrons. The Bertz CT molecular complexity index is 1370. The van der Waals surface area contributed by atoms with Gasteiger partial charge in [-0.15, -0.1) is 0 Å². The maximum atomic E-state index is 14.1. The number of amides is 1. The number of benzene rings is 3. The van der Waals surface area contributed by atoms with Crippen LogP contribution in [0.2, 0.25) is 0 Å². The summed E-state index contributed by atoms with van der Waals surface area (Å²) in [6.07, 6.45) is 2.03. The van der Waals surface area contributed by atoms with E-state index in [4.69, 9.17) is 4.42 Å². The molecule has 0 spiro atoms. The Morgan fingerprint density at radius 2 is 1.72 bits per heavy atom. The van der Waals surface area contributed by atoms with Crippen LogP contribution in [-0.4, -0.2) is 27.4 Å². The van der Waals surface area contributed by atoms with Gasteiger partial charge in [0.1, 0.15) is 11.6 Å². The molecule has 0 unspecified atom stereocenters. The molecule has 0 atom stereocenters. The summed E-state index contributed by atoms with van der Waals surface area (Å²) in [4.78, 5) is 24.9. The minimum Gasteiger partial charge on any atom is -0.436 e. The van der Waals surface area contributed by atoms with Crippen LogP contribution in [0.3, 0.4) is 0 Å². The summed E-state index contributed by atoms with van der Waals surface area (Å²) in [5.74, 6) is 0.723. The highest BCUT2D eigenvalue weighted by atomic mass is 19.1. The Hall–Kier alpha value is -4.26. The minimum absolute atomic E-state index is 0.248. The number of hydrogen-bond acceptors (Lipinski definition) is 4. The molecule has 2 N–H and O–H groups in total. The lowest BCUT2D eigenvalue weighted by Crippen LogP contribution is -2.26. The van der Waals surface area contributed by atoms with Crippen LogP contribution < -0.4 is 5.32 Å². The Morgan fingerprint density at radius 1 is 0.969 bits per heavy atom. The predicted octanol–water partition coefficient (Wildman–Crippen LogP) is 5.00. The highest BCUT2D eigenvalue weighted by molar-refractivity contribution is 6.00. The number of aromatic nitrogens is 3. The van der Waals surface area contributed by atoms with Crippen LogP contribution in [0.25, 0.3) is 33.8 Å². The molecule has 7 heteroatoms. The van der Waals surface area contributed by atoms with Gasteiger partial charge in [0.15, 0.2) is 5.76 Å². The number of rotatable bonds is 6. The number of carbonyl (C=O) groups excluding carboxylic acids is 1. The van der Waals surface area contributed by atoms with Gasteiger partial charge < -0.3 is 14.7 Å². The van der Waals surface area contributed by atoms with Crippen LogP contribution in [-0.2, 0) is 6.42 Å². The first-order chi connectivity index (χ1) is 15.7. The largest absolute Gasteiger partial charge is 0.436 e. The maximum absolute atomic E-state index is 14.1. The lowest BCUT2D eigenvalue weighted by Gasteiger charge is -2.07. The summed E-state index contributed by atoms with van der Waals surface area (Å²) in [6, 6.07) is 21.1. The molecule has 5 aromatic rings. The zero-order valence-electron chi connectivity index (χ0n) is 17.0. The van der Waals surface area contributed by atoms with Crippen molar-refractivity contribution in [3.63, 3.8) is 0 Å². The summed E-state index contributed by atoms with van der Waals surface area (Å²) in [6.45, 7) is 0.416. The van der Waals surface area contributed by atoms with E-state index in [1.54, 1.807) is 42.5 Å². The standard InChI is InChI=1S/C25H19FN4O2/c26-19-10-4-3-9-18(19)22-15-28-25(32-22)17-8-2-1-7-16(17)24(31)27-14-13-23-29-20-11-5-6-12-21(20)30-23/h1-12,15H,13-14H2,(H,27,31)(H,29,30). The summed E-state index contributed by atoms with van der Waals surface area (Å²) < 4.78 is 19.9. The number of hydrogen-bond donors (Lipinski definition) is 2. The van der Waals surface area contributed by atoms with Gasteiger partial charge in [-0.1, -0.05) is 36.4 Å². The van der Waals surface area contributed by atoms with Gasteiger partial charge in [-0.05, 0) is 36.4 Å². The van der Waals surface area contributed by atoms with Gasteiger partial charge in [-0.25, -0.2) is 14.4 Å². The third kappa shape index (κ3) is 3.88. The SMILES string of the molecule is O=C(NCCc1nc2ccccc2[nH]1)c1ccccc1-c1ncc(-c2ccccc2F)o1. The summed E-state index contributed by atoms with van der Waals surface area (Å²) >= 11 is 0. The highest BCUT2D eigenvalue weighted by Gasteiger charge is 2.18. The van der Waals surface area contributed by atoms with E-state index in [-0.39, 0.29) is 11.8 Å². The molecule has 3 aromatic carbocycles. The number of oxazole rings is 1. The molecule has 0 aliphatic rings. The fourth-order valence-corrected chi connectivity index (χ4v) is 3.57. The van der Waals surface area contributed by atoms with Gasteiger partial charge >= 0.3 is 0 Å². The first-order valence-corrected chi connectivity index (χ1v) is 10.2. The fourth-order valence-electron chi connectivity index (χ4n) is 3.57. The average molecular weight is 426 g/mol. The third-order valence-electron chi connectivity index (χ3n) is 5.13. The Balaban J connectivity index is 1.32. The van der Waals surface area contributed by atoms with Crippen LogP contribution in [0.4, 0.5) is 4.39 Å². The van der Waals surface area contributed by atoms with Crippen LogP contribution in [0, 0.1) is 5.82 Å². The van der Waals surface area contributed by atoms with Gasteiger partial charge in [0.05, 0.1) is 28.4 Å². The Morgan fingerprint density at radius 3 is 2.56 bits per heavy atom. The zero-order valence-corrected chi connectivity index (χ0v) is 17.0. The molecule has 6 nitrogen and oxygen atoms in total. The predicted molar refractivity (Wildman–Crippen MR) is 119 cm³/mol. The van der Waals surface area contributed by atoms with Crippen molar-refractivity contribution >= 4 is 16.9 Å². The lowest BCUT2D eigenvalue weighted by molar-refractivity contribution is 0.0954. The molecule has 0 saturated heterocycles. The van der Waals surface area contributed by atoms with Crippen LogP contribution in [0.5, 0.6) is 0 Å². The van der Waals surface area contributed by atoms with Crippen molar-refractivity contribution in [2.75, 3.05) is 6.54 Å². The van der Waals surface area contributed by atoms with Crippen molar-refractivity contribution < 1.29 is 13.6 Å². The van der Waals surface area contributed by atoms with Gasteiger partial charge in [0.25, 0.3) is 5.91 Å². The van der Waals surface area contributed by atoms with Gasteiger partial charge in [0, 0.05) is 18.5 Å². The van der Waals surface area contributed by atoms with E-state index in [0.717, 1.165) is 16.9 Å². The van der Waals surface area contributed by atoms with Crippen molar-refractivity contribution in [3.8, 4) is 22.8 Å². The van der Waals surface area contributed by atoms with E-state index < -0.39 is 5.82 Å². The average Bonchev–Trinajstić information content (AvgIpc) is 3.46. The van der Waals surface area contributed by atoms with Crippen LogP contribution in [0.1, 0.15) is 16.2 Å². The smallest absolute Gasteiger partial charge is 0.252 e. The molecule has 158 valence electrons. The molecule has 32 heavy (non-hydrogen) atoms. The minimum atomic E-state index is -0.396. The van der Waals surface area contributed by atoms with Gasteiger partial charge in [-0.2, -0.15) is 0 Å². The number of halogens is 1. The molecule has 5 rings (SSSR count). The van der Waals surface area contributed by atoms with E-state index in [1.807, 2.05) is 24.3 Å². The number of para-hydroxylation sites is 2. The van der Waals surface area contributed by atoms with E-state index >= 15 is 0 Å². The first kappa shape index (κ1) is 19.7. The Labute approximate surface area is 183 Å². The molecular formula is C25H19FN4O2. The summed E-state index contributed by atoms with van der Waals surface area (Å²) in [7, 11) is 0. The molecule has 0 bridgehead atoms. The first-order valence-electron chi connectivity index (χ1n) is 10.2. The number of carbonyl (C=O) groups is 1. The van der Waals surface area contributed by atoms with Crippen molar-refractivity contribution in [1.82, 2.24) is 20.3 Å².